The third-order valence-electron chi connectivity index (χ3n) is 8.05. The molecule has 0 radical (unpaired) electrons. The summed E-state index contributed by atoms with van der Waals surface area (Å²) in [4.78, 5) is 13.1. The van der Waals surface area contributed by atoms with Gasteiger partial charge in [-0.3, -0.25) is 0 Å². The third-order valence-corrected chi connectivity index (χ3v) is 8.05. The van der Waals surface area contributed by atoms with Crippen LogP contribution in [0.15, 0.2) is 50.7 Å². The van der Waals surface area contributed by atoms with Gasteiger partial charge in [-0.15, -0.1) is 0 Å². The molecule has 5 nitrogen and oxygen atoms in total. The first-order chi connectivity index (χ1) is 21.5. The van der Waals surface area contributed by atoms with Crippen molar-refractivity contribution in [1.29, 1.82) is 0 Å². The summed E-state index contributed by atoms with van der Waals surface area (Å²) in [6.45, 7) is 12.4. The highest BCUT2D eigenvalue weighted by molar-refractivity contribution is 5.86. The van der Waals surface area contributed by atoms with Gasteiger partial charge in [-0.1, -0.05) is 121 Å². The number of hydrogen-bond donors (Lipinski definition) is 0. The standard InChI is InChI=1S/C39H62O5/c1-6-8-10-12-14-16-18-20-28-41-34-25-26-35-36(31-34)44-39(40)38(42-29-21-19-17-15-13-11-9-7-2)37(35)43-30-27-33(5)24-22-23-32(3)4/h23,25-27,31H,6-22,24,28-30H2,1-5H3/b33-27+. The molecule has 0 aliphatic heterocycles. The maximum absolute atomic E-state index is 13.1. The van der Waals surface area contributed by atoms with Crippen LogP contribution in [0.1, 0.15) is 150 Å². The van der Waals surface area contributed by atoms with Crippen molar-refractivity contribution in [2.45, 2.75) is 150 Å². The summed E-state index contributed by atoms with van der Waals surface area (Å²) >= 11 is 0. The van der Waals surface area contributed by atoms with Crippen LogP contribution >= 0.6 is 0 Å². The minimum absolute atomic E-state index is 0.170. The second-order valence-electron chi connectivity index (χ2n) is 12.5. The van der Waals surface area contributed by atoms with Crippen molar-refractivity contribution in [1.82, 2.24) is 0 Å². The van der Waals surface area contributed by atoms with Gasteiger partial charge in [0.15, 0.2) is 5.75 Å². The van der Waals surface area contributed by atoms with Crippen molar-refractivity contribution < 1.29 is 18.6 Å². The van der Waals surface area contributed by atoms with Crippen molar-refractivity contribution in [2.24, 2.45) is 0 Å². The van der Waals surface area contributed by atoms with Gasteiger partial charge in [-0.2, -0.15) is 0 Å². The van der Waals surface area contributed by atoms with E-state index in [1.165, 1.54) is 94.6 Å². The quantitative estimate of drug-likeness (QED) is 0.0602. The van der Waals surface area contributed by atoms with E-state index in [1.54, 1.807) is 6.07 Å². The molecule has 0 bridgehead atoms. The van der Waals surface area contributed by atoms with Gasteiger partial charge in [-0.25, -0.2) is 4.79 Å². The fourth-order valence-electron chi connectivity index (χ4n) is 5.29. The molecule has 0 aliphatic carbocycles. The number of ether oxygens (including phenoxy) is 3. The molecule has 1 aromatic carbocycles. The Morgan fingerprint density at radius 3 is 1.84 bits per heavy atom. The lowest BCUT2D eigenvalue weighted by Crippen LogP contribution is -2.11. The lowest BCUT2D eigenvalue weighted by atomic mass is 10.1. The number of fused-ring (bicyclic) bond motifs is 1. The molecule has 2 aromatic rings. The van der Waals surface area contributed by atoms with E-state index in [1.807, 2.05) is 12.1 Å². The third kappa shape index (κ3) is 15.9. The van der Waals surface area contributed by atoms with E-state index in [0.29, 0.717) is 36.9 Å². The van der Waals surface area contributed by atoms with E-state index in [0.717, 1.165) is 37.5 Å². The smallest absolute Gasteiger partial charge is 0.383 e. The maximum Gasteiger partial charge on any atom is 0.383 e. The van der Waals surface area contributed by atoms with Crippen LogP contribution in [0, 0.1) is 0 Å². The van der Waals surface area contributed by atoms with Crippen LogP contribution in [0.5, 0.6) is 17.2 Å². The van der Waals surface area contributed by atoms with Crippen molar-refractivity contribution in [3.63, 3.8) is 0 Å². The Bertz CT molecular complexity index is 1160. The van der Waals surface area contributed by atoms with Crippen LogP contribution in [0.2, 0.25) is 0 Å². The van der Waals surface area contributed by atoms with Crippen LogP contribution in [0.4, 0.5) is 0 Å². The lowest BCUT2D eigenvalue weighted by molar-refractivity contribution is 0.264. The first-order valence-electron chi connectivity index (χ1n) is 17.7. The summed E-state index contributed by atoms with van der Waals surface area (Å²) in [5, 5.41) is 0.727. The van der Waals surface area contributed by atoms with Gasteiger partial charge in [0.2, 0.25) is 5.75 Å². The number of allylic oxidation sites excluding steroid dienone is 3. The van der Waals surface area contributed by atoms with Crippen molar-refractivity contribution >= 4 is 11.0 Å². The second-order valence-corrected chi connectivity index (χ2v) is 12.5. The van der Waals surface area contributed by atoms with Crippen LogP contribution in [0.3, 0.4) is 0 Å². The van der Waals surface area contributed by atoms with Crippen LogP contribution < -0.4 is 19.8 Å². The Morgan fingerprint density at radius 1 is 0.682 bits per heavy atom. The van der Waals surface area contributed by atoms with E-state index < -0.39 is 5.63 Å². The van der Waals surface area contributed by atoms with Crippen LogP contribution in [-0.4, -0.2) is 19.8 Å². The largest absolute Gasteiger partial charge is 0.493 e. The summed E-state index contributed by atoms with van der Waals surface area (Å²) in [6.07, 6.45) is 26.0. The van der Waals surface area contributed by atoms with E-state index in [2.05, 4.69) is 46.8 Å². The minimum atomic E-state index is -0.503. The zero-order chi connectivity index (χ0) is 31.8. The van der Waals surface area contributed by atoms with Crippen molar-refractivity contribution in [3.8, 4) is 17.2 Å². The molecule has 1 heterocycles. The monoisotopic (exact) mass is 610 g/mol. The topological polar surface area (TPSA) is 57.9 Å². The van der Waals surface area contributed by atoms with Crippen LogP contribution in [0.25, 0.3) is 11.0 Å². The van der Waals surface area contributed by atoms with E-state index in [-0.39, 0.29) is 5.75 Å². The average molecular weight is 611 g/mol. The summed E-state index contributed by atoms with van der Waals surface area (Å²) in [7, 11) is 0. The molecular formula is C39H62O5. The molecule has 0 unspecified atom stereocenters. The molecule has 0 fully saturated rings. The van der Waals surface area contributed by atoms with Gasteiger partial charge < -0.3 is 18.6 Å². The zero-order valence-electron chi connectivity index (χ0n) is 28.8. The first-order valence-corrected chi connectivity index (χ1v) is 17.7. The lowest BCUT2D eigenvalue weighted by Gasteiger charge is -2.14. The molecule has 0 atom stereocenters. The highest BCUT2D eigenvalue weighted by atomic mass is 16.5. The minimum Gasteiger partial charge on any atom is -0.493 e. The first kappa shape index (κ1) is 37.5. The molecule has 5 heteroatoms. The normalized spacial score (nSPS) is 11.6. The fraction of sp³-hybridized carbons (Fsp3) is 0.667. The zero-order valence-corrected chi connectivity index (χ0v) is 28.8. The van der Waals surface area contributed by atoms with Gasteiger partial charge in [0.05, 0.1) is 18.6 Å². The predicted molar refractivity (Wildman–Crippen MR) is 187 cm³/mol. The van der Waals surface area contributed by atoms with Gasteiger partial charge in [0.1, 0.15) is 17.9 Å². The maximum atomic E-state index is 13.1. The molecule has 0 amide bonds. The molecule has 44 heavy (non-hydrogen) atoms. The highest BCUT2D eigenvalue weighted by Gasteiger charge is 2.18. The molecule has 0 saturated heterocycles. The summed E-state index contributed by atoms with van der Waals surface area (Å²) in [6, 6.07) is 5.66. The van der Waals surface area contributed by atoms with Crippen molar-refractivity contribution in [3.05, 3.63) is 51.9 Å². The average Bonchev–Trinajstić information content (AvgIpc) is 3.00. The molecule has 0 aliphatic rings. The number of benzene rings is 1. The Hall–Kier alpha value is -2.69. The van der Waals surface area contributed by atoms with Gasteiger partial charge >= 0.3 is 5.63 Å². The second kappa shape index (κ2) is 23.7. The van der Waals surface area contributed by atoms with E-state index >= 15 is 0 Å². The van der Waals surface area contributed by atoms with Crippen molar-refractivity contribution in [2.75, 3.05) is 19.8 Å². The van der Waals surface area contributed by atoms with Gasteiger partial charge in [0, 0.05) is 6.07 Å². The molecule has 1 aromatic heterocycles. The summed E-state index contributed by atoms with van der Waals surface area (Å²) < 4.78 is 24.0. The molecule has 0 spiro atoms. The number of rotatable bonds is 26. The number of hydrogen-bond acceptors (Lipinski definition) is 5. The number of unbranched alkanes of at least 4 members (excludes halogenated alkanes) is 14. The molecule has 0 saturated carbocycles. The molecule has 248 valence electrons. The van der Waals surface area contributed by atoms with Gasteiger partial charge in [-0.05, 0) is 64.7 Å². The predicted octanol–water partition coefficient (Wildman–Crippen LogP) is 11.9. The summed E-state index contributed by atoms with van der Waals surface area (Å²) in [5.41, 5.74) is 2.54. The summed E-state index contributed by atoms with van der Waals surface area (Å²) in [5.74, 6) is 1.33. The van der Waals surface area contributed by atoms with Gasteiger partial charge in [0.25, 0.3) is 0 Å². The Balaban J connectivity index is 2.03. The van der Waals surface area contributed by atoms with E-state index in [9.17, 15) is 4.79 Å². The fourth-order valence-corrected chi connectivity index (χ4v) is 5.29. The van der Waals surface area contributed by atoms with E-state index in [4.69, 9.17) is 18.6 Å². The van der Waals surface area contributed by atoms with Crippen LogP contribution in [-0.2, 0) is 0 Å². The Kier molecular flexibility index (Phi) is 20.2. The molecule has 2 rings (SSSR count). The Labute approximate surface area is 268 Å². The molecule has 0 N–H and O–H groups in total. The molecular weight excluding hydrogens is 548 g/mol. The highest BCUT2D eigenvalue weighted by Crippen LogP contribution is 2.35. The SMILES string of the molecule is CCCCCCCCCCOc1ccc2c(OC/C=C(\C)CCC=C(C)C)c(OCCCCCCCCCC)c(=O)oc2c1. The Morgan fingerprint density at radius 2 is 1.25 bits per heavy atom.